The Morgan fingerprint density at radius 2 is 2.21 bits per heavy atom. The number of rotatable bonds is 3. The summed E-state index contributed by atoms with van der Waals surface area (Å²) in [5.41, 5.74) is 4.66. The molecule has 0 saturated carbocycles. The van der Waals surface area contributed by atoms with Crippen molar-refractivity contribution in [2.45, 2.75) is 6.42 Å². The van der Waals surface area contributed by atoms with E-state index < -0.39 is 11.7 Å². The van der Waals surface area contributed by atoms with Gasteiger partial charge in [-0.1, -0.05) is 0 Å². The second-order valence-corrected chi connectivity index (χ2v) is 2.82. The van der Waals surface area contributed by atoms with Crippen LogP contribution in [0, 0.1) is 5.41 Å². The van der Waals surface area contributed by atoms with E-state index in [-0.39, 0.29) is 30.2 Å². The number of nitrogens with two attached hydrogens (primary N) is 1. The standard InChI is InChI=1S/C8H9N3O3/c9-4-1-7(13)5(2-6(4)12)11-3-8(10)14/h2,9,11H,1,3H2,(H2,10,14). The molecule has 0 radical (unpaired) electrons. The fourth-order valence-corrected chi connectivity index (χ4v) is 0.974. The van der Waals surface area contributed by atoms with Crippen LogP contribution in [0.2, 0.25) is 0 Å². The molecule has 0 aliphatic heterocycles. The van der Waals surface area contributed by atoms with E-state index in [1.807, 2.05) is 0 Å². The van der Waals surface area contributed by atoms with E-state index in [1.165, 1.54) is 0 Å². The molecule has 74 valence electrons. The van der Waals surface area contributed by atoms with Crippen LogP contribution < -0.4 is 11.1 Å². The first-order chi connectivity index (χ1) is 6.50. The highest BCUT2D eigenvalue weighted by atomic mass is 16.1. The predicted molar refractivity (Wildman–Crippen MR) is 47.6 cm³/mol. The van der Waals surface area contributed by atoms with Gasteiger partial charge in [0.25, 0.3) is 0 Å². The summed E-state index contributed by atoms with van der Waals surface area (Å²) in [7, 11) is 0. The molecule has 14 heavy (non-hydrogen) atoms. The summed E-state index contributed by atoms with van der Waals surface area (Å²) in [6.45, 7) is -0.196. The van der Waals surface area contributed by atoms with Gasteiger partial charge in [0.15, 0.2) is 5.78 Å². The summed E-state index contributed by atoms with van der Waals surface area (Å²) in [4.78, 5) is 32.6. The van der Waals surface area contributed by atoms with Gasteiger partial charge < -0.3 is 16.5 Å². The highest BCUT2D eigenvalue weighted by Crippen LogP contribution is 2.05. The van der Waals surface area contributed by atoms with Crippen molar-refractivity contribution < 1.29 is 14.4 Å². The molecule has 0 bridgehead atoms. The number of primary amides is 1. The number of ketones is 2. The first-order valence-electron chi connectivity index (χ1n) is 3.89. The first kappa shape index (κ1) is 10.1. The third-order valence-corrected chi connectivity index (χ3v) is 1.66. The van der Waals surface area contributed by atoms with E-state index in [0.29, 0.717) is 0 Å². The fraction of sp³-hybridized carbons (Fsp3) is 0.250. The molecule has 0 spiro atoms. The smallest absolute Gasteiger partial charge is 0.236 e. The zero-order valence-electron chi connectivity index (χ0n) is 7.29. The molecule has 0 aromatic rings. The second kappa shape index (κ2) is 3.82. The summed E-state index contributed by atoms with van der Waals surface area (Å²) in [5, 5.41) is 9.54. The Balaban J connectivity index is 2.72. The normalized spacial score (nSPS) is 16.6. The summed E-state index contributed by atoms with van der Waals surface area (Å²) in [5.74, 6) is -1.51. The van der Waals surface area contributed by atoms with Crippen LogP contribution in [0.15, 0.2) is 11.8 Å². The molecule has 1 rings (SSSR count). The third-order valence-electron chi connectivity index (χ3n) is 1.66. The average Bonchev–Trinajstić information content (AvgIpc) is 2.09. The summed E-state index contributed by atoms with van der Waals surface area (Å²) in [6, 6.07) is 0. The number of hydrogen-bond acceptors (Lipinski definition) is 5. The fourth-order valence-electron chi connectivity index (χ4n) is 0.974. The number of allylic oxidation sites excluding steroid dienone is 2. The Labute approximate surface area is 79.7 Å². The highest BCUT2D eigenvalue weighted by Gasteiger charge is 2.22. The van der Waals surface area contributed by atoms with E-state index in [9.17, 15) is 14.4 Å². The van der Waals surface area contributed by atoms with Gasteiger partial charge in [-0.25, -0.2) is 0 Å². The van der Waals surface area contributed by atoms with Crippen molar-refractivity contribution in [1.82, 2.24) is 5.32 Å². The summed E-state index contributed by atoms with van der Waals surface area (Å²) in [6.07, 6.45) is 0.785. The summed E-state index contributed by atoms with van der Waals surface area (Å²) >= 11 is 0. The van der Waals surface area contributed by atoms with Gasteiger partial charge in [-0.05, 0) is 0 Å². The second-order valence-electron chi connectivity index (χ2n) is 2.82. The molecule has 1 aliphatic carbocycles. The molecule has 0 aromatic heterocycles. The van der Waals surface area contributed by atoms with E-state index >= 15 is 0 Å². The molecule has 0 unspecified atom stereocenters. The Morgan fingerprint density at radius 1 is 1.57 bits per heavy atom. The molecule has 0 heterocycles. The van der Waals surface area contributed by atoms with Crippen molar-refractivity contribution in [3.8, 4) is 0 Å². The maximum absolute atomic E-state index is 11.2. The lowest BCUT2D eigenvalue weighted by Crippen LogP contribution is -2.35. The quantitative estimate of drug-likeness (QED) is 0.508. The zero-order valence-corrected chi connectivity index (χ0v) is 7.29. The maximum atomic E-state index is 11.2. The average molecular weight is 195 g/mol. The molecule has 1 amide bonds. The molecule has 6 heteroatoms. The largest absolute Gasteiger partial charge is 0.373 e. The van der Waals surface area contributed by atoms with Crippen LogP contribution in [0.3, 0.4) is 0 Å². The lowest BCUT2D eigenvalue weighted by atomic mass is 10.0. The SMILES string of the molecule is N=C1CC(=O)C(NCC(N)=O)=CC1=O. The molecule has 1 aliphatic rings. The van der Waals surface area contributed by atoms with Crippen LogP contribution in [-0.4, -0.2) is 29.7 Å². The monoisotopic (exact) mass is 195 g/mol. The van der Waals surface area contributed by atoms with Crippen LogP contribution in [-0.2, 0) is 14.4 Å². The molecule has 6 nitrogen and oxygen atoms in total. The molecule has 0 fully saturated rings. The molecular weight excluding hydrogens is 186 g/mol. The number of amides is 1. The van der Waals surface area contributed by atoms with E-state index in [4.69, 9.17) is 11.1 Å². The van der Waals surface area contributed by atoms with E-state index in [1.54, 1.807) is 0 Å². The molecule has 0 atom stereocenters. The van der Waals surface area contributed by atoms with Crippen molar-refractivity contribution in [2.75, 3.05) is 6.54 Å². The number of carbonyl (C=O) groups excluding carboxylic acids is 3. The van der Waals surface area contributed by atoms with Crippen molar-refractivity contribution in [1.29, 1.82) is 5.41 Å². The number of nitrogens with one attached hydrogen (secondary N) is 2. The van der Waals surface area contributed by atoms with Crippen molar-refractivity contribution in [2.24, 2.45) is 5.73 Å². The number of Topliss-reactive ketones (excluding diaryl/α,β-unsaturated/α-hetero) is 1. The lowest BCUT2D eigenvalue weighted by Gasteiger charge is -2.12. The van der Waals surface area contributed by atoms with Crippen LogP contribution in [0.5, 0.6) is 0 Å². The van der Waals surface area contributed by atoms with Gasteiger partial charge in [0.05, 0.1) is 24.4 Å². The van der Waals surface area contributed by atoms with Gasteiger partial charge in [-0.3, -0.25) is 14.4 Å². The zero-order chi connectivity index (χ0) is 10.7. The molecular formula is C8H9N3O3. The summed E-state index contributed by atoms with van der Waals surface area (Å²) < 4.78 is 0. The molecule has 0 saturated heterocycles. The Kier molecular flexibility index (Phi) is 2.76. The Hall–Kier alpha value is -1.98. The third kappa shape index (κ3) is 2.25. The Morgan fingerprint density at radius 3 is 2.79 bits per heavy atom. The van der Waals surface area contributed by atoms with Gasteiger partial charge in [0.1, 0.15) is 0 Å². The van der Waals surface area contributed by atoms with Crippen molar-refractivity contribution >= 4 is 23.2 Å². The topological polar surface area (TPSA) is 113 Å². The molecule has 4 N–H and O–H groups in total. The minimum atomic E-state index is -0.619. The highest BCUT2D eigenvalue weighted by molar-refractivity contribution is 6.49. The van der Waals surface area contributed by atoms with Gasteiger partial charge in [-0.15, -0.1) is 0 Å². The van der Waals surface area contributed by atoms with Crippen LogP contribution in [0.1, 0.15) is 6.42 Å². The van der Waals surface area contributed by atoms with Crippen molar-refractivity contribution in [3.05, 3.63) is 11.8 Å². The number of hydrogen-bond donors (Lipinski definition) is 3. The van der Waals surface area contributed by atoms with Gasteiger partial charge in [0, 0.05) is 6.08 Å². The van der Waals surface area contributed by atoms with Gasteiger partial charge >= 0.3 is 0 Å². The van der Waals surface area contributed by atoms with Crippen LogP contribution >= 0.6 is 0 Å². The molecule has 0 aromatic carbocycles. The predicted octanol–water partition coefficient (Wildman–Crippen LogP) is -1.49. The Bertz CT molecular complexity index is 357. The maximum Gasteiger partial charge on any atom is 0.236 e. The lowest BCUT2D eigenvalue weighted by molar-refractivity contribution is -0.118. The van der Waals surface area contributed by atoms with E-state index in [0.717, 1.165) is 6.08 Å². The van der Waals surface area contributed by atoms with Gasteiger partial charge in [-0.2, -0.15) is 0 Å². The van der Waals surface area contributed by atoms with E-state index in [2.05, 4.69) is 5.32 Å². The minimum absolute atomic E-state index is 0.0461. The van der Waals surface area contributed by atoms with Crippen molar-refractivity contribution in [3.63, 3.8) is 0 Å². The number of carbonyl (C=O) groups is 3. The van der Waals surface area contributed by atoms with Crippen LogP contribution in [0.25, 0.3) is 0 Å². The minimum Gasteiger partial charge on any atom is -0.373 e. The first-order valence-corrected chi connectivity index (χ1v) is 3.89. The van der Waals surface area contributed by atoms with Crippen LogP contribution in [0.4, 0.5) is 0 Å². The van der Waals surface area contributed by atoms with Gasteiger partial charge in [0.2, 0.25) is 11.7 Å².